The Morgan fingerprint density at radius 1 is 0.702 bits per heavy atom. The van der Waals surface area contributed by atoms with Crippen molar-refractivity contribution in [3.05, 3.63) is 192 Å². The van der Waals surface area contributed by atoms with Crippen LogP contribution in [0.3, 0.4) is 0 Å². The van der Waals surface area contributed by atoms with E-state index in [1.54, 1.807) is 23.0 Å². The topological polar surface area (TPSA) is 242 Å². The van der Waals surface area contributed by atoms with Gasteiger partial charge < -0.3 is 26.2 Å². The lowest BCUT2D eigenvalue weighted by Crippen LogP contribution is -2.46. The first-order valence-electron chi connectivity index (χ1n) is 32.8. The lowest BCUT2D eigenvalue weighted by molar-refractivity contribution is -0.401. The lowest BCUT2D eigenvalue weighted by Gasteiger charge is -2.27. The van der Waals surface area contributed by atoms with Crippen LogP contribution in [0, 0.1) is 12.8 Å². The second-order valence-corrected chi connectivity index (χ2v) is 31.0. The first-order chi connectivity index (χ1) is 45.1. The van der Waals surface area contributed by atoms with Crippen LogP contribution in [0.2, 0.25) is 0 Å². The average Bonchev–Trinajstić information content (AvgIpc) is 1.53. The summed E-state index contributed by atoms with van der Waals surface area (Å²) < 4.78 is 38.4. The molecule has 5 N–H and O–H groups in total. The number of aryl methyl sites for hydroxylation is 2. The number of amides is 4. The van der Waals surface area contributed by atoms with Crippen LogP contribution in [0.4, 0.5) is 11.4 Å². The van der Waals surface area contributed by atoms with Gasteiger partial charge in [-0.15, -0.1) is 5.10 Å². The molecule has 0 spiro atoms. The van der Waals surface area contributed by atoms with Gasteiger partial charge in [0.1, 0.15) is 53.5 Å². The molecule has 5 aromatic carbocycles. The van der Waals surface area contributed by atoms with Gasteiger partial charge in [0, 0.05) is 86.4 Å². The molecule has 0 saturated heterocycles. The normalized spacial score (nSPS) is 16.2. The Bertz CT molecular complexity index is 3840. The standard InChI is InChI=1S/C74H88N9O9PS/c1-53-37-39-65-62(46-53)73(2,3)67(81(65)6)33-18-10-19-34-68-74(4,5)63-50-61(94(90,91)92)38-40-66(63)83(68)44-23-11-20-35-69(86)75-42-25-43-82-52-55(79-80-82)51-77-72(89)64(32-21-22-41-76-71(88)54-47-56(84)49-57(85)48-54)78-70(87)36-24-45-93(58-26-12-7-13-27-58,59-28-14-8-15-29-59)60-30-16-9-17-31-60/h7-10,12-19,26-31,33-34,37-40,46,50,52,54,64H,11,20-25,32,35-36,41-45,47-49,51H2,1-6H3,(H3-2,75,76,77,78,86,87,88,89,90,91,92)/p+2/t64-/m0/s1. The van der Waals surface area contributed by atoms with E-state index in [1.165, 1.54) is 44.5 Å². The number of fused-ring (bicyclic) bond motifs is 2. The Morgan fingerprint density at radius 3 is 2.01 bits per heavy atom. The number of carbonyl (C=O) groups is 6. The van der Waals surface area contributed by atoms with Gasteiger partial charge in [-0.1, -0.05) is 110 Å². The van der Waals surface area contributed by atoms with E-state index in [0.717, 1.165) is 36.0 Å². The predicted molar refractivity (Wildman–Crippen MR) is 371 cm³/mol. The minimum absolute atomic E-state index is 0.0473. The molecule has 3 aliphatic rings. The smallest absolute Gasteiger partial charge is 0.294 e. The highest BCUT2D eigenvalue weighted by Crippen LogP contribution is 2.56. The van der Waals surface area contributed by atoms with Gasteiger partial charge in [-0.3, -0.25) is 38.0 Å². The third-order valence-corrected chi connectivity index (χ3v) is 23.7. The number of nitrogens with one attached hydrogen (secondary N) is 4. The van der Waals surface area contributed by atoms with E-state index in [2.05, 4.69) is 186 Å². The number of aromatic nitrogens is 3. The minimum atomic E-state index is -4.42. The third-order valence-electron chi connectivity index (χ3n) is 18.4. The fourth-order valence-electron chi connectivity index (χ4n) is 13.4. The second kappa shape index (κ2) is 31.6. The lowest BCUT2D eigenvalue weighted by atomic mass is 9.81. The maximum atomic E-state index is 14.0. The molecular weight excluding hydrogens is 1220 g/mol. The van der Waals surface area contributed by atoms with Crippen molar-refractivity contribution in [2.24, 2.45) is 5.92 Å². The third kappa shape index (κ3) is 17.2. The Morgan fingerprint density at radius 2 is 1.35 bits per heavy atom. The van der Waals surface area contributed by atoms with Crippen molar-refractivity contribution in [1.82, 2.24) is 36.3 Å². The molecule has 18 nitrogen and oxygen atoms in total. The number of allylic oxidation sites excluding steroid dienone is 6. The Hall–Kier alpha value is -8.51. The van der Waals surface area contributed by atoms with E-state index in [1.807, 2.05) is 36.4 Å². The number of Topliss-reactive ketones (excluding diaryl/α,β-unsaturated/α-hetero) is 2. The SMILES string of the molecule is Cc1ccc2c(c1)C(C)(C)C(/C=C/C=C/C=C1/N(CCCCCC(=O)NCCCn3cc(CNC(=O)[C@H](CCCCNC(=O)C4CC(=O)CC(=O)C4)NC(=O)CCC[P+](c4ccccc4)(c4ccccc4)c4ccccc4)nn3)c3ccc(S(=O)(=O)O)cc3C1(C)C)=[N+]2C. The Labute approximate surface area is 554 Å². The number of hydrogen-bond donors (Lipinski definition) is 5. The summed E-state index contributed by atoms with van der Waals surface area (Å²) in [5.41, 5.74) is 7.35. The van der Waals surface area contributed by atoms with E-state index in [4.69, 9.17) is 0 Å². The van der Waals surface area contributed by atoms with Crippen LogP contribution >= 0.6 is 7.26 Å². The summed E-state index contributed by atoms with van der Waals surface area (Å²) in [5.74, 6) is -2.17. The van der Waals surface area contributed by atoms with Crippen molar-refractivity contribution >= 4 is 85.6 Å². The van der Waals surface area contributed by atoms with Gasteiger partial charge in [-0.2, -0.15) is 13.0 Å². The summed E-state index contributed by atoms with van der Waals surface area (Å²) in [5, 5.41) is 24.0. The minimum Gasteiger partial charge on any atom is -0.356 e. The zero-order valence-corrected chi connectivity index (χ0v) is 56.7. The van der Waals surface area contributed by atoms with Crippen molar-refractivity contribution in [1.29, 1.82) is 0 Å². The van der Waals surface area contributed by atoms with Gasteiger partial charge in [0.2, 0.25) is 29.3 Å². The number of nitrogens with zero attached hydrogens (tertiary/aromatic N) is 5. The molecule has 3 heterocycles. The fraction of sp³-hybridized carbons (Fsp3) is 0.392. The fourth-order valence-corrected chi connectivity index (χ4v) is 18.2. The maximum Gasteiger partial charge on any atom is 0.294 e. The molecule has 94 heavy (non-hydrogen) atoms. The predicted octanol–water partition coefficient (Wildman–Crippen LogP) is 9.50. The zero-order chi connectivity index (χ0) is 67.0. The molecule has 0 radical (unpaired) electrons. The van der Waals surface area contributed by atoms with Crippen LogP contribution in [-0.2, 0) is 62.8 Å². The quantitative estimate of drug-likeness (QED) is 0.00683. The van der Waals surface area contributed by atoms with Gasteiger partial charge in [0.15, 0.2) is 5.71 Å². The molecule has 1 atom stereocenters. The largest absolute Gasteiger partial charge is 0.356 e. The van der Waals surface area contributed by atoms with Gasteiger partial charge in [0.25, 0.3) is 10.1 Å². The molecule has 9 rings (SSSR count). The molecule has 494 valence electrons. The van der Waals surface area contributed by atoms with Gasteiger partial charge in [0.05, 0.1) is 41.6 Å². The van der Waals surface area contributed by atoms with Crippen LogP contribution in [0.25, 0.3) is 0 Å². The van der Waals surface area contributed by atoms with E-state index in [0.29, 0.717) is 70.3 Å². The summed E-state index contributed by atoms with van der Waals surface area (Å²) >= 11 is 0. The molecule has 0 unspecified atom stereocenters. The zero-order valence-electron chi connectivity index (χ0n) is 55.0. The Kier molecular flexibility index (Phi) is 23.5. The van der Waals surface area contributed by atoms with E-state index >= 15 is 0 Å². The summed E-state index contributed by atoms with van der Waals surface area (Å²) in [6.07, 6.45) is 17.9. The average molecular weight is 1310 g/mol. The molecule has 1 aromatic heterocycles. The van der Waals surface area contributed by atoms with Crippen LogP contribution in [0.1, 0.15) is 134 Å². The molecule has 1 aliphatic carbocycles. The number of rotatable bonds is 31. The molecule has 2 aliphatic heterocycles. The number of carbonyl (C=O) groups excluding carboxylic acids is 6. The van der Waals surface area contributed by atoms with Gasteiger partial charge in [-0.25, -0.2) is 0 Å². The number of unbranched alkanes of at least 4 members (excludes halogenated alkanes) is 3. The first kappa shape index (κ1) is 69.8. The molecule has 6 aromatic rings. The molecule has 1 fully saturated rings. The van der Waals surface area contributed by atoms with Crippen molar-refractivity contribution in [2.75, 3.05) is 37.7 Å². The van der Waals surface area contributed by atoms with Crippen LogP contribution in [0.15, 0.2) is 175 Å². The summed E-state index contributed by atoms with van der Waals surface area (Å²) in [6, 6.07) is 41.9. The number of benzene rings is 5. The van der Waals surface area contributed by atoms with Crippen molar-refractivity contribution in [3.8, 4) is 0 Å². The summed E-state index contributed by atoms with van der Waals surface area (Å²) in [4.78, 5) is 79.9. The maximum absolute atomic E-state index is 14.0. The monoisotopic (exact) mass is 1310 g/mol. The second-order valence-electron chi connectivity index (χ2n) is 25.9. The summed E-state index contributed by atoms with van der Waals surface area (Å²) in [7, 11) is -4.52. The highest BCUT2D eigenvalue weighted by molar-refractivity contribution is 7.95. The van der Waals surface area contributed by atoms with E-state index < -0.39 is 34.8 Å². The van der Waals surface area contributed by atoms with E-state index in [-0.39, 0.29) is 84.3 Å². The van der Waals surface area contributed by atoms with Gasteiger partial charge >= 0.3 is 0 Å². The molecule has 20 heteroatoms. The van der Waals surface area contributed by atoms with Crippen molar-refractivity contribution in [2.45, 2.75) is 153 Å². The molecule has 0 bridgehead atoms. The van der Waals surface area contributed by atoms with Crippen molar-refractivity contribution in [3.63, 3.8) is 0 Å². The van der Waals surface area contributed by atoms with Crippen LogP contribution in [0.5, 0.6) is 0 Å². The van der Waals surface area contributed by atoms with Crippen molar-refractivity contribution < 1.29 is 46.3 Å². The Balaban J connectivity index is 0.742. The number of ketones is 2. The number of hydrogen-bond acceptors (Lipinski definition) is 11. The van der Waals surface area contributed by atoms with Crippen LogP contribution in [-0.4, -0.2) is 112 Å². The first-order valence-corrected chi connectivity index (χ1v) is 36.2. The highest BCUT2D eigenvalue weighted by Gasteiger charge is 2.46. The number of anilines is 1. The summed E-state index contributed by atoms with van der Waals surface area (Å²) in [6.45, 7) is 12.6. The van der Waals surface area contributed by atoms with E-state index in [9.17, 15) is 41.7 Å². The molecular formula is C74H90N9O9PS+2. The van der Waals surface area contributed by atoms with Crippen LogP contribution < -0.4 is 42.1 Å². The van der Waals surface area contributed by atoms with Gasteiger partial charge in [-0.05, 0) is 138 Å². The molecule has 4 amide bonds. The highest BCUT2D eigenvalue weighted by atomic mass is 32.2. The molecule has 1 saturated carbocycles.